The molecule has 0 aliphatic rings. The van der Waals surface area contributed by atoms with Gasteiger partial charge in [0.2, 0.25) is 5.95 Å². The quantitative estimate of drug-likeness (QED) is 0.232. The number of furan rings is 1. The molecular formula is C35H29N5O2. The van der Waals surface area contributed by atoms with Crippen LogP contribution in [0.2, 0.25) is 0 Å². The summed E-state index contributed by atoms with van der Waals surface area (Å²) in [5.74, 6) is 0.414. The molecule has 0 unspecified atom stereocenters. The molecule has 0 saturated carbocycles. The van der Waals surface area contributed by atoms with Crippen LogP contribution in [0.25, 0.3) is 27.5 Å². The van der Waals surface area contributed by atoms with Crippen LogP contribution in [0.4, 0.5) is 23.0 Å². The minimum atomic E-state index is -0.175. The maximum Gasteiger partial charge on any atom is 0.255 e. The molecule has 7 heteroatoms. The largest absolute Gasteiger partial charge is 0.454 e. The lowest BCUT2D eigenvalue weighted by atomic mass is 9.87. The number of amides is 1. The van der Waals surface area contributed by atoms with E-state index in [4.69, 9.17) is 9.40 Å². The van der Waals surface area contributed by atoms with E-state index in [1.165, 1.54) is 5.56 Å². The van der Waals surface area contributed by atoms with Crippen LogP contribution in [0.5, 0.6) is 0 Å². The molecule has 0 fully saturated rings. The Labute approximate surface area is 243 Å². The molecule has 0 spiro atoms. The van der Waals surface area contributed by atoms with Crippen molar-refractivity contribution < 1.29 is 9.21 Å². The highest BCUT2D eigenvalue weighted by atomic mass is 16.3. The van der Waals surface area contributed by atoms with E-state index in [-0.39, 0.29) is 11.3 Å². The smallest absolute Gasteiger partial charge is 0.255 e. The fourth-order valence-corrected chi connectivity index (χ4v) is 5.31. The predicted octanol–water partition coefficient (Wildman–Crippen LogP) is 8.65. The van der Waals surface area contributed by atoms with Gasteiger partial charge in [0.25, 0.3) is 5.91 Å². The summed E-state index contributed by atoms with van der Waals surface area (Å²) in [5, 5.41) is 9.68. The molecule has 0 aliphatic carbocycles. The first kappa shape index (κ1) is 25.5. The van der Waals surface area contributed by atoms with Gasteiger partial charge in [0.05, 0.1) is 23.1 Å². The van der Waals surface area contributed by atoms with Crippen LogP contribution < -0.4 is 10.2 Å². The van der Waals surface area contributed by atoms with Crippen LogP contribution in [0.3, 0.4) is 0 Å². The number of carbonyl (C=O) groups is 1. The van der Waals surface area contributed by atoms with Gasteiger partial charge >= 0.3 is 0 Å². The number of hydrogen-bond donors (Lipinski definition) is 1. The number of benzene rings is 4. The van der Waals surface area contributed by atoms with Gasteiger partial charge in [-0.1, -0.05) is 69.3 Å². The summed E-state index contributed by atoms with van der Waals surface area (Å²) in [7, 11) is 0. The molecule has 3 aromatic heterocycles. The van der Waals surface area contributed by atoms with Crippen molar-refractivity contribution in [3.05, 3.63) is 127 Å². The normalized spacial score (nSPS) is 11.8. The number of carbonyl (C=O) groups excluding carboxylic acids is 1. The monoisotopic (exact) mass is 551 g/mol. The van der Waals surface area contributed by atoms with E-state index in [1.807, 2.05) is 95.9 Å². The zero-order chi connectivity index (χ0) is 28.8. The Morgan fingerprint density at radius 3 is 2.43 bits per heavy atom. The summed E-state index contributed by atoms with van der Waals surface area (Å²) >= 11 is 0. The van der Waals surface area contributed by atoms with E-state index in [0.29, 0.717) is 17.2 Å². The average Bonchev–Trinajstić information content (AvgIpc) is 3.63. The molecule has 7 nitrogen and oxygen atoms in total. The van der Waals surface area contributed by atoms with Gasteiger partial charge in [-0.3, -0.25) is 9.69 Å². The van der Waals surface area contributed by atoms with Crippen molar-refractivity contribution in [2.75, 3.05) is 10.2 Å². The highest BCUT2D eigenvalue weighted by molar-refractivity contribution is 6.10. The first-order chi connectivity index (χ1) is 20.4. The molecule has 1 N–H and O–H groups in total. The van der Waals surface area contributed by atoms with Crippen molar-refractivity contribution in [1.29, 1.82) is 0 Å². The van der Waals surface area contributed by atoms with Crippen molar-refractivity contribution in [2.45, 2.75) is 26.2 Å². The molecule has 7 aromatic rings. The number of fused-ring (bicyclic) bond motifs is 4. The number of hydrogen-bond acceptors (Lipinski definition) is 5. The number of rotatable bonds is 5. The van der Waals surface area contributed by atoms with E-state index in [2.05, 4.69) is 43.3 Å². The molecule has 0 radical (unpaired) electrons. The highest BCUT2D eigenvalue weighted by Gasteiger charge is 2.23. The number of nitrogens with one attached hydrogen (secondary N) is 1. The van der Waals surface area contributed by atoms with E-state index < -0.39 is 0 Å². The minimum absolute atomic E-state index is 0.0148. The molecule has 7 rings (SSSR count). The van der Waals surface area contributed by atoms with Crippen molar-refractivity contribution in [3.63, 3.8) is 0 Å². The van der Waals surface area contributed by atoms with Gasteiger partial charge in [-0.25, -0.2) is 4.98 Å². The summed E-state index contributed by atoms with van der Waals surface area (Å²) in [4.78, 5) is 20.0. The van der Waals surface area contributed by atoms with Crippen LogP contribution in [-0.4, -0.2) is 20.5 Å². The number of aromatic nitrogens is 3. The molecule has 3 heterocycles. The predicted molar refractivity (Wildman–Crippen MR) is 168 cm³/mol. The second kappa shape index (κ2) is 9.89. The topological polar surface area (TPSA) is 75.7 Å². The van der Waals surface area contributed by atoms with Gasteiger partial charge in [0, 0.05) is 28.2 Å². The maximum atomic E-state index is 13.2. The molecule has 0 aliphatic heterocycles. The fourth-order valence-electron chi connectivity index (χ4n) is 5.31. The van der Waals surface area contributed by atoms with Gasteiger partial charge in [-0.15, -0.1) is 0 Å². The van der Waals surface area contributed by atoms with Gasteiger partial charge in [0.1, 0.15) is 5.58 Å². The van der Waals surface area contributed by atoms with Gasteiger partial charge in [-0.2, -0.15) is 9.61 Å². The summed E-state index contributed by atoms with van der Waals surface area (Å²) in [6.07, 6.45) is 3.52. The Morgan fingerprint density at radius 1 is 0.833 bits per heavy atom. The number of para-hydroxylation sites is 2. The van der Waals surface area contributed by atoms with Crippen molar-refractivity contribution in [3.8, 4) is 0 Å². The van der Waals surface area contributed by atoms with Crippen molar-refractivity contribution in [1.82, 2.24) is 14.6 Å². The Morgan fingerprint density at radius 2 is 1.60 bits per heavy atom. The van der Waals surface area contributed by atoms with Crippen LogP contribution in [0.15, 0.2) is 120 Å². The molecule has 1 amide bonds. The van der Waals surface area contributed by atoms with E-state index in [1.54, 1.807) is 16.9 Å². The van der Waals surface area contributed by atoms with Crippen molar-refractivity contribution in [2.24, 2.45) is 0 Å². The third-order valence-electron chi connectivity index (χ3n) is 7.50. The van der Waals surface area contributed by atoms with Crippen LogP contribution in [0, 0.1) is 0 Å². The SMILES string of the molecule is CC(C)(C)c1ccc(C(=O)Nc2cccc(N(c3cccc4c3oc3ccccc34)c3nccc4ccnn34)c2)cc1. The third-order valence-corrected chi connectivity index (χ3v) is 7.50. The summed E-state index contributed by atoms with van der Waals surface area (Å²) in [6.45, 7) is 6.47. The fraction of sp³-hybridized carbons (Fsp3) is 0.114. The maximum absolute atomic E-state index is 13.2. The molecule has 4 aromatic carbocycles. The zero-order valence-electron chi connectivity index (χ0n) is 23.6. The van der Waals surface area contributed by atoms with E-state index in [0.717, 1.165) is 38.8 Å². The average molecular weight is 552 g/mol. The second-order valence-electron chi connectivity index (χ2n) is 11.3. The Kier molecular flexibility index (Phi) is 6.01. The number of anilines is 4. The lowest BCUT2D eigenvalue weighted by Gasteiger charge is -2.25. The Balaban J connectivity index is 1.34. The first-order valence-corrected chi connectivity index (χ1v) is 13.9. The molecule has 0 atom stereocenters. The van der Waals surface area contributed by atoms with Crippen LogP contribution in [-0.2, 0) is 5.41 Å². The summed E-state index contributed by atoms with van der Waals surface area (Å²) in [6, 6.07) is 33.4. The zero-order valence-corrected chi connectivity index (χ0v) is 23.6. The van der Waals surface area contributed by atoms with Gasteiger partial charge in [0.15, 0.2) is 5.58 Å². The second-order valence-corrected chi connectivity index (χ2v) is 11.3. The van der Waals surface area contributed by atoms with Crippen LogP contribution in [0.1, 0.15) is 36.7 Å². The Bertz CT molecular complexity index is 2080. The van der Waals surface area contributed by atoms with E-state index >= 15 is 0 Å². The molecule has 0 saturated heterocycles. The Hall–Kier alpha value is -5.43. The molecule has 206 valence electrons. The summed E-state index contributed by atoms with van der Waals surface area (Å²) < 4.78 is 8.21. The van der Waals surface area contributed by atoms with E-state index in [9.17, 15) is 4.79 Å². The lowest BCUT2D eigenvalue weighted by molar-refractivity contribution is 0.102. The lowest BCUT2D eigenvalue weighted by Crippen LogP contribution is -2.17. The minimum Gasteiger partial charge on any atom is -0.454 e. The number of nitrogens with zero attached hydrogens (tertiary/aromatic N) is 4. The highest BCUT2D eigenvalue weighted by Crippen LogP contribution is 2.41. The van der Waals surface area contributed by atoms with Crippen LogP contribution >= 0.6 is 0 Å². The first-order valence-electron chi connectivity index (χ1n) is 13.9. The summed E-state index contributed by atoms with van der Waals surface area (Å²) in [5.41, 5.74) is 6.50. The van der Waals surface area contributed by atoms with Crippen molar-refractivity contribution >= 4 is 56.4 Å². The van der Waals surface area contributed by atoms with Gasteiger partial charge < -0.3 is 9.73 Å². The molecule has 0 bridgehead atoms. The standard InChI is InChI=1S/C35H29N5O2/c1-35(2,3)24-16-14-23(15-17-24)33(41)38-25-8-6-9-27(22-25)39(34-36-20-18-26-19-21-37-40(26)34)30-12-7-11-29-28-10-4-5-13-31(28)42-32(29)30/h4-22H,1-3H3,(H,38,41). The molecule has 42 heavy (non-hydrogen) atoms. The van der Waals surface area contributed by atoms with Gasteiger partial charge in [-0.05, 0) is 65.6 Å². The third kappa shape index (κ3) is 4.45. The molecular weight excluding hydrogens is 522 g/mol.